The molecule has 0 aliphatic heterocycles. The van der Waals surface area contributed by atoms with Gasteiger partial charge in [0, 0.05) is 31.5 Å². The first-order valence-corrected chi connectivity index (χ1v) is 6.88. The fourth-order valence-electron chi connectivity index (χ4n) is 1.80. The molecule has 0 spiro atoms. The Morgan fingerprint density at radius 2 is 1.95 bits per heavy atom. The van der Waals surface area contributed by atoms with Crippen molar-refractivity contribution in [2.24, 2.45) is 0 Å². The van der Waals surface area contributed by atoms with Gasteiger partial charge in [-0.05, 0) is 11.6 Å². The van der Waals surface area contributed by atoms with Gasteiger partial charge >= 0.3 is 6.18 Å². The highest BCUT2D eigenvalue weighted by Crippen LogP contribution is 2.32. The molecular weight excluding hydrogens is 287 g/mol. The number of aromatic nitrogens is 2. The van der Waals surface area contributed by atoms with Gasteiger partial charge in [-0.15, -0.1) is 0 Å². The van der Waals surface area contributed by atoms with Crippen LogP contribution in [0, 0.1) is 0 Å². The number of nitrogens with zero attached hydrogens (tertiary/aromatic N) is 3. The fraction of sp³-hybridized carbons (Fsp3) is 0.385. The largest absolute Gasteiger partial charge is 0.416 e. The third-order valence-corrected chi connectivity index (χ3v) is 3.70. The van der Waals surface area contributed by atoms with Crippen LogP contribution in [0.4, 0.5) is 18.3 Å². The highest BCUT2D eigenvalue weighted by atomic mass is 32.1. The maximum Gasteiger partial charge on any atom is 0.416 e. The normalized spacial score (nSPS) is 11.7. The molecule has 2 aromatic rings. The summed E-state index contributed by atoms with van der Waals surface area (Å²) in [5.74, 6) is 0.709. The minimum Gasteiger partial charge on any atom is -0.346 e. The summed E-state index contributed by atoms with van der Waals surface area (Å²) >= 11 is 1.20. The molecule has 0 N–H and O–H groups in total. The van der Waals surface area contributed by atoms with Gasteiger partial charge < -0.3 is 4.90 Å². The van der Waals surface area contributed by atoms with Crippen LogP contribution in [0.2, 0.25) is 0 Å². The smallest absolute Gasteiger partial charge is 0.346 e. The van der Waals surface area contributed by atoms with E-state index in [4.69, 9.17) is 0 Å². The second kappa shape index (κ2) is 5.78. The number of hydrogen-bond acceptors (Lipinski definition) is 4. The van der Waals surface area contributed by atoms with E-state index in [1.165, 1.54) is 23.7 Å². The number of anilines is 1. The zero-order chi connectivity index (χ0) is 14.8. The quantitative estimate of drug-likeness (QED) is 0.861. The third kappa shape index (κ3) is 3.27. The van der Waals surface area contributed by atoms with E-state index in [1.54, 1.807) is 18.0 Å². The van der Waals surface area contributed by atoms with Gasteiger partial charge in [0.1, 0.15) is 5.82 Å². The van der Waals surface area contributed by atoms with Crippen molar-refractivity contribution in [2.75, 3.05) is 11.9 Å². The molecule has 0 aliphatic rings. The van der Waals surface area contributed by atoms with E-state index < -0.39 is 11.7 Å². The Bertz CT molecular complexity index is 580. The molecule has 0 amide bonds. The minimum absolute atomic E-state index is 0.147. The van der Waals surface area contributed by atoms with E-state index >= 15 is 0 Å². The topological polar surface area (TPSA) is 29.0 Å². The molecule has 7 heteroatoms. The molecule has 0 unspecified atom stereocenters. The molecule has 0 radical (unpaired) electrons. The van der Waals surface area contributed by atoms with Gasteiger partial charge in [0.05, 0.1) is 5.56 Å². The average Bonchev–Trinajstić information content (AvgIpc) is 2.87. The summed E-state index contributed by atoms with van der Waals surface area (Å²) in [6.07, 6.45) is -3.63. The number of benzene rings is 1. The van der Waals surface area contributed by atoms with Gasteiger partial charge in [-0.1, -0.05) is 25.1 Å². The van der Waals surface area contributed by atoms with Crippen molar-refractivity contribution in [3.63, 3.8) is 0 Å². The second-order valence-corrected chi connectivity index (χ2v) is 5.09. The van der Waals surface area contributed by atoms with Gasteiger partial charge in [0.25, 0.3) is 0 Å². The van der Waals surface area contributed by atoms with Gasteiger partial charge in [-0.2, -0.15) is 17.5 Å². The van der Waals surface area contributed by atoms with Crippen LogP contribution in [0.15, 0.2) is 24.3 Å². The standard InChI is InChI=1S/C13H14F3N3S/c1-3-11-17-12(20-18-11)19(2)8-9-6-4-5-7-10(9)13(14,15)16/h4-7H,3,8H2,1-2H3. The van der Waals surface area contributed by atoms with Crippen molar-refractivity contribution in [3.8, 4) is 0 Å². The Balaban J connectivity index is 2.21. The number of alkyl halides is 3. The van der Waals surface area contributed by atoms with E-state index in [0.29, 0.717) is 17.4 Å². The van der Waals surface area contributed by atoms with Crippen LogP contribution >= 0.6 is 11.5 Å². The van der Waals surface area contributed by atoms with Crippen molar-refractivity contribution < 1.29 is 13.2 Å². The average molecular weight is 301 g/mol. The number of halogens is 3. The van der Waals surface area contributed by atoms with Gasteiger partial charge in [0.2, 0.25) is 5.13 Å². The maximum atomic E-state index is 12.9. The summed E-state index contributed by atoms with van der Waals surface area (Å²) in [5, 5.41) is 0.624. The first kappa shape index (κ1) is 14.8. The van der Waals surface area contributed by atoms with Crippen LogP contribution in [0.5, 0.6) is 0 Å². The van der Waals surface area contributed by atoms with Crippen molar-refractivity contribution in [1.82, 2.24) is 9.36 Å². The molecule has 2 rings (SSSR count). The Morgan fingerprint density at radius 3 is 2.55 bits per heavy atom. The predicted molar refractivity (Wildman–Crippen MR) is 72.8 cm³/mol. The van der Waals surface area contributed by atoms with Gasteiger partial charge in [-0.3, -0.25) is 0 Å². The Hall–Kier alpha value is -1.63. The van der Waals surface area contributed by atoms with Crippen molar-refractivity contribution in [2.45, 2.75) is 26.1 Å². The van der Waals surface area contributed by atoms with Crippen LogP contribution in [0.25, 0.3) is 0 Å². The highest BCUT2D eigenvalue weighted by Gasteiger charge is 2.33. The molecule has 20 heavy (non-hydrogen) atoms. The van der Waals surface area contributed by atoms with Crippen molar-refractivity contribution in [1.29, 1.82) is 0 Å². The minimum atomic E-state index is -4.34. The second-order valence-electron chi connectivity index (χ2n) is 4.36. The zero-order valence-corrected chi connectivity index (χ0v) is 11.9. The molecule has 0 bridgehead atoms. The maximum absolute atomic E-state index is 12.9. The summed E-state index contributed by atoms with van der Waals surface area (Å²) in [6.45, 7) is 2.08. The number of aryl methyl sites for hydroxylation is 1. The molecule has 0 aliphatic carbocycles. The lowest BCUT2D eigenvalue weighted by molar-refractivity contribution is -0.138. The molecule has 0 fully saturated rings. The lowest BCUT2D eigenvalue weighted by atomic mass is 10.1. The Morgan fingerprint density at radius 1 is 1.25 bits per heavy atom. The third-order valence-electron chi connectivity index (χ3n) is 2.83. The van der Waals surface area contributed by atoms with E-state index in [-0.39, 0.29) is 12.1 Å². The lowest BCUT2D eigenvalue weighted by Crippen LogP contribution is -2.19. The molecular formula is C13H14F3N3S. The Labute approximate surface area is 119 Å². The van der Waals surface area contributed by atoms with Crippen LogP contribution in [0.3, 0.4) is 0 Å². The van der Waals surface area contributed by atoms with Crippen molar-refractivity contribution in [3.05, 3.63) is 41.2 Å². The van der Waals surface area contributed by atoms with Crippen molar-refractivity contribution >= 4 is 16.7 Å². The highest BCUT2D eigenvalue weighted by molar-refractivity contribution is 7.09. The van der Waals surface area contributed by atoms with E-state index in [9.17, 15) is 13.2 Å². The molecule has 1 aromatic carbocycles. The molecule has 0 saturated carbocycles. The molecule has 1 heterocycles. The fourth-order valence-corrected chi connectivity index (χ4v) is 2.51. The summed E-state index contributed by atoms with van der Waals surface area (Å²) in [7, 11) is 1.72. The van der Waals surface area contributed by atoms with Gasteiger partial charge in [-0.25, -0.2) is 4.98 Å². The molecule has 0 saturated heterocycles. The van der Waals surface area contributed by atoms with Crippen LogP contribution in [0.1, 0.15) is 23.9 Å². The Kier molecular flexibility index (Phi) is 4.27. The summed E-state index contributed by atoms with van der Waals surface area (Å²) < 4.78 is 42.9. The van der Waals surface area contributed by atoms with E-state index in [1.807, 2.05) is 6.92 Å². The first-order valence-electron chi connectivity index (χ1n) is 6.10. The van der Waals surface area contributed by atoms with Crippen LogP contribution in [-0.4, -0.2) is 16.4 Å². The summed E-state index contributed by atoms with van der Waals surface area (Å²) in [5.41, 5.74) is -0.372. The summed E-state index contributed by atoms with van der Waals surface area (Å²) in [6, 6.07) is 5.59. The number of rotatable bonds is 4. The predicted octanol–water partition coefficient (Wildman–Crippen LogP) is 3.76. The zero-order valence-electron chi connectivity index (χ0n) is 11.1. The first-order chi connectivity index (χ1) is 9.41. The monoisotopic (exact) mass is 301 g/mol. The number of hydrogen-bond donors (Lipinski definition) is 0. The van der Waals surface area contributed by atoms with E-state index in [0.717, 1.165) is 6.07 Å². The van der Waals surface area contributed by atoms with Crippen LogP contribution < -0.4 is 4.90 Å². The summed E-state index contributed by atoms with van der Waals surface area (Å²) in [4.78, 5) is 5.95. The lowest BCUT2D eigenvalue weighted by Gasteiger charge is -2.18. The molecule has 1 aromatic heterocycles. The van der Waals surface area contributed by atoms with E-state index in [2.05, 4.69) is 9.36 Å². The SMILES string of the molecule is CCc1nsc(N(C)Cc2ccccc2C(F)(F)F)n1. The van der Waals surface area contributed by atoms with Gasteiger partial charge in [0.15, 0.2) is 0 Å². The molecule has 108 valence electrons. The van der Waals surface area contributed by atoms with Crippen LogP contribution in [-0.2, 0) is 19.1 Å². The molecule has 0 atom stereocenters. The molecule has 3 nitrogen and oxygen atoms in total.